The van der Waals surface area contributed by atoms with E-state index in [0.717, 1.165) is 15.6 Å². The number of hydrogen-bond acceptors (Lipinski definition) is 5. The average Bonchev–Trinajstić information content (AvgIpc) is 3.04. The molecule has 122 valence electrons. The molecule has 0 saturated carbocycles. The van der Waals surface area contributed by atoms with Crippen LogP contribution >= 0.6 is 11.3 Å². The summed E-state index contributed by atoms with van der Waals surface area (Å²) in [4.78, 5) is 25.2. The Morgan fingerprint density at radius 1 is 1.36 bits per heavy atom. The van der Waals surface area contributed by atoms with Crippen molar-refractivity contribution in [2.45, 2.75) is 11.8 Å². The molecule has 22 heavy (non-hydrogen) atoms. The van der Waals surface area contributed by atoms with Crippen molar-refractivity contribution < 1.29 is 23.1 Å². The first-order valence-electron chi connectivity index (χ1n) is 6.68. The van der Waals surface area contributed by atoms with Gasteiger partial charge in [0, 0.05) is 27.2 Å². The van der Waals surface area contributed by atoms with E-state index in [0.29, 0.717) is 6.54 Å². The summed E-state index contributed by atoms with van der Waals surface area (Å²) >= 11 is 1.06. The molecule has 7 nitrogen and oxygen atoms in total. The lowest BCUT2D eigenvalue weighted by Crippen LogP contribution is -2.31. The number of sulfonamides is 1. The fourth-order valence-corrected chi connectivity index (χ4v) is 4.71. The van der Waals surface area contributed by atoms with Gasteiger partial charge in [0.05, 0.1) is 5.92 Å². The van der Waals surface area contributed by atoms with Gasteiger partial charge in [-0.15, -0.1) is 11.3 Å². The summed E-state index contributed by atoms with van der Waals surface area (Å²) in [5.74, 6) is -2.13. The molecule has 0 spiro atoms. The van der Waals surface area contributed by atoms with Gasteiger partial charge in [-0.05, 0) is 17.4 Å². The van der Waals surface area contributed by atoms with Crippen LogP contribution in [0.1, 0.15) is 16.6 Å². The summed E-state index contributed by atoms with van der Waals surface area (Å²) in [6.07, 6.45) is 0. The highest BCUT2D eigenvalue weighted by Crippen LogP contribution is 2.29. The SMILES string of the molecule is C[C@@H]1CN(C(=O)c2sccc2S(=O)(=O)N(C)C)C[C@H]1C(=O)O. The molecule has 1 amide bonds. The largest absolute Gasteiger partial charge is 0.481 e. The summed E-state index contributed by atoms with van der Waals surface area (Å²) in [7, 11) is -0.897. The maximum Gasteiger partial charge on any atom is 0.308 e. The molecule has 1 fully saturated rings. The first-order chi connectivity index (χ1) is 10.2. The van der Waals surface area contributed by atoms with Crippen LogP contribution in [-0.4, -0.2) is 61.8 Å². The van der Waals surface area contributed by atoms with Crippen molar-refractivity contribution in [1.29, 1.82) is 0 Å². The molecule has 1 saturated heterocycles. The summed E-state index contributed by atoms with van der Waals surface area (Å²) in [6, 6.07) is 1.40. The van der Waals surface area contributed by atoms with Crippen molar-refractivity contribution in [3.63, 3.8) is 0 Å². The van der Waals surface area contributed by atoms with Crippen molar-refractivity contribution in [2.24, 2.45) is 11.8 Å². The minimum Gasteiger partial charge on any atom is -0.481 e. The Hall–Kier alpha value is -1.45. The number of thiophene rings is 1. The van der Waals surface area contributed by atoms with Crippen molar-refractivity contribution >= 4 is 33.2 Å². The zero-order valence-electron chi connectivity index (χ0n) is 12.5. The molecule has 2 rings (SSSR count). The van der Waals surface area contributed by atoms with Crippen LogP contribution in [0, 0.1) is 11.8 Å². The van der Waals surface area contributed by atoms with E-state index in [1.165, 1.54) is 25.1 Å². The number of rotatable bonds is 4. The van der Waals surface area contributed by atoms with E-state index in [1.807, 2.05) is 0 Å². The highest BCUT2D eigenvalue weighted by atomic mass is 32.2. The van der Waals surface area contributed by atoms with Crippen molar-refractivity contribution in [1.82, 2.24) is 9.21 Å². The summed E-state index contributed by atoms with van der Waals surface area (Å²) in [5, 5.41) is 10.7. The van der Waals surface area contributed by atoms with Gasteiger partial charge in [-0.25, -0.2) is 12.7 Å². The quantitative estimate of drug-likeness (QED) is 0.870. The summed E-state index contributed by atoms with van der Waals surface area (Å²) < 4.78 is 25.5. The van der Waals surface area contributed by atoms with Gasteiger partial charge >= 0.3 is 5.97 Å². The van der Waals surface area contributed by atoms with E-state index in [9.17, 15) is 18.0 Å². The van der Waals surface area contributed by atoms with Crippen LogP contribution in [0.25, 0.3) is 0 Å². The molecule has 0 radical (unpaired) electrons. The Kier molecular flexibility index (Phi) is 4.59. The Morgan fingerprint density at radius 3 is 2.50 bits per heavy atom. The Labute approximate surface area is 133 Å². The third-order valence-electron chi connectivity index (χ3n) is 3.80. The second-order valence-electron chi connectivity index (χ2n) is 5.53. The molecule has 1 aromatic rings. The number of carboxylic acid groups (broad SMARTS) is 1. The molecule has 1 aromatic heterocycles. The van der Waals surface area contributed by atoms with Crippen molar-refractivity contribution in [3.05, 3.63) is 16.3 Å². The highest BCUT2D eigenvalue weighted by Gasteiger charge is 2.39. The zero-order chi connectivity index (χ0) is 16.7. The molecule has 0 aliphatic carbocycles. The minimum absolute atomic E-state index is 0.0288. The lowest BCUT2D eigenvalue weighted by Gasteiger charge is -2.17. The van der Waals surface area contributed by atoms with E-state index >= 15 is 0 Å². The second kappa shape index (κ2) is 5.98. The molecule has 9 heteroatoms. The summed E-state index contributed by atoms with van der Waals surface area (Å²) in [6.45, 7) is 2.20. The van der Waals surface area contributed by atoms with Gasteiger partial charge in [-0.3, -0.25) is 9.59 Å². The van der Waals surface area contributed by atoms with E-state index in [1.54, 1.807) is 12.3 Å². The summed E-state index contributed by atoms with van der Waals surface area (Å²) in [5.41, 5.74) is 0. The minimum atomic E-state index is -3.70. The van der Waals surface area contributed by atoms with Crippen molar-refractivity contribution in [3.8, 4) is 0 Å². The lowest BCUT2D eigenvalue weighted by molar-refractivity contribution is -0.142. The fourth-order valence-electron chi connectivity index (χ4n) is 2.45. The predicted octanol–water partition coefficient (Wildman–Crippen LogP) is 0.791. The first kappa shape index (κ1) is 16.9. The normalized spacial score (nSPS) is 22.3. The van der Waals surface area contributed by atoms with E-state index in [4.69, 9.17) is 5.11 Å². The van der Waals surface area contributed by atoms with Gasteiger partial charge in [0.25, 0.3) is 5.91 Å². The van der Waals surface area contributed by atoms with Gasteiger partial charge in [0.2, 0.25) is 10.0 Å². The Balaban J connectivity index is 2.30. The third kappa shape index (κ3) is 2.88. The highest BCUT2D eigenvalue weighted by molar-refractivity contribution is 7.89. The molecule has 2 heterocycles. The second-order valence-corrected chi connectivity index (χ2v) is 8.57. The fraction of sp³-hybridized carbons (Fsp3) is 0.538. The van der Waals surface area contributed by atoms with E-state index in [-0.39, 0.29) is 22.2 Å². The smallest absolute Gasteiger partial charge is 0.308 e. The average molecular weight is 346 g/mol. The molecular weight excluding hydrogens is 328 g/mol. The molecule has 1 aliphatic heterocycles. The van der Waals surface area contributed by atoms with Crippen molar-refractivity contribution in [2.75, 3.05) is 27.2 Å². The number of amides is 1. The number of nitrogens with zero attached hydrogens (tertiary/aromatic N) is 2. The van der Waals surface area contributed by atoms with Gasteiger partial charge in [-0.1, -0.05) is 6.92 Å². The molecule has 1 aliphatic rings. The molecule has 2 atom stereocenters. The third-order valence-corrected chi connectivity index (χ3v) is 6.69. The molecule has 0 aromatic carbocycles. The van der Waals surface area contributed by atoms with Crippen LogP contribution in [0.15, 0.2) is 16.3 Å². The Morgan fingerprint density at radius 2 is 2.00 bits per heavy atom. The standard InChI is InChI=1S/C13H18N2O5S2/c1-8-6-15(7-9(8)13(17)18)12(16)11-10(4-5-21-11)22(19,20)14(2)3/h4-5,8-9H,6-7H2,1-3H3,(H,17,18)/t8-,9-/m1/s1. The molecule has 0 bridgehead atoms. The number of carbonyl (C=O) groups excluding carboxylic acids is 1. The lowest BCUT2D eigenvalue weighted by atomic mass is 9.99. The van der Waals surface area contributed by atoms with Gasteiger partial charge in [0.1, 0.15) is 9.77 Å². The number of carboxylic acids is 1. The molecular formula is C13H18N2O5S2. The van der Waals surface area contributed by atoms with Gasteiger partial charge < -0.3 is 10.0 Å². The first-order valence-corrected chi connectivity index (χ1v) is 9.00. The monoisotopic (exact) mass is 346 g/mol. The number of aliphatic carboxylic acids is 1. The predicted molar refractivity (Wildman–Crippen MR) is 81.4 cm³/mol. The number of likely N-dealkylation sites (tertiary alicyclic amines) is 1. The maximum absolute atomic E-state index is 12.6. The van der Waals surface area contributed by atoms with Crippen LogP contribution in [-0.2, 0) is 14.8 Å². The molecule has 1 N–H and O–H groups in total. The van der Waals surface area contributed by atoms with Crippen LogP contribution < -0.4 is 0 Å². The van der Waals surface area contributed by atoms with Crippen LogP contribution in [0.2, 0.25) is 0 Å². The number of carbonyl (C=O) groups is 2. The zero-order valence-corrected chi connectivity index (χ0v) is 14.1. The number of hydrogen-bond donors (Lipinski definition) is 1. The Bertz CT molecular complexity index is 695. The van der Waals surface area contributed by atoms with Crippen LogP contribution in [0.4, 0.5) is 0 Å². The van der Waals surface area contributed by atoms with E-state index in [2.05, 4.69) is 0 Å². The van der Waals surface area contributed by atoms with Gasteiger partial charge in [0.15, 0.2) is 0 Å². The topological polar surface area (TPSA) is 95.0 Å². The molecule has 0 unspecified atom stereocenters. The maximum atomic E-state index is 12.6. The van der Waals surface area contributed by atoms with Crippen LogP contribution in [0.3, 0.4) is 0 Å². The van der Waals surface area contributed by atoms with Crippen LogP contribution in [0.5, 0.6) is 0 Å². The van der Waals surface area contributed by atoms with Gasteiger partial charge in [-0.2, -0.15) is 0 Å². The van der Waals surface area contributed by atoms with E-state index < -0.39 is 27.8 Å².